The van der Waals surface area contributed by atoms with Crippen LogP contribution in [0.2, 0.25) is 0 Å². The van der Waals surface area contributed by atoms with Gasteiger partial charge in [-0.1, -0.05) is 78.4 Å². The molecule has 0 fully saturated rings. The summed E-state index contributed by atoms with van der Waals surface area (Å²) in [6.45, 7) is 2.13. The van der Waals surface area contributed by atoms with Gasteiger partial charge in [-0.3, -0.25) is 4.99 Å². The van der Waals surface area contributed by atoms with Crippen LogP contribution in [-0.4, -0.2) is 12.8 Å². The number of nitrogens with zero attached hydrogens (tertiary/aromatic N) is 1. The molecule has 0 saturated carbocycles. The second kappa shape index (κ2) is 7.64. The van der Waals surface area contributed by atoms with Crippen LogP contribution in [0.3, 0.4) is 0 Å². The molecule has 0 bridgehead atoms. The number of methoxy groups -OCH3 is 1. The quantitative estimate of drug-likeness (QED) is 0.372. The SMILES string of the molecule is COc1ccc2c(c1)-c1cc(C)ccc1N=C(c1ccccc1)[C@H]2c1ccccc1. The van der Waals surface area contributed by atoms with E-state index >= 15 is 0 Å². The number of hydrogen-bond acceptors (Lipinski definition) is 2. The Labute approximate surface area is 177 Å². The predicted molar refractivity (Wildman–Crippen MR) is 124 cm³/mol. The highest BCUT2D eigenvalue weighted by atomic mass is 16.5. The first-order chi connectivity index (χ1) is 14.7. The van der Waals surface area contributed by atoms with Crippen LogP contribution in [0, 0.1) is 6.92 Å². The lowest BCUT2D eigenvalue weighted by Crippen LogP contribution is -2.15. The van der Waals surface area contributed by atoms with E-state index in [4.69, 9.17) is 9.73 Å². The summed E-state index contributed by atoms with van der Waals surface area (Å²) in [5, 5.41) is 0. The van der Waals surface area contributed by atoms with Gasteiger partial charge in [0.2, 0.25) is 0 Å². The van der Waals surface area contributed by atoms with E-state index < -0.39 is 0 Å². The minimum absolute atomic E-state index is 0.0298. The van der Waals surface area contributed by atoms with E-state index in [0.29, 0.717) is 0 Å². The lowest BCUT2D eigenvalue weighted by molar-refractivity contribution is 0.415. The molecule has 0 unspecified atom stereocenters. The van der Waals surface area contributed by atoms with Crippen LogP contribution >= 0.6 is 0 Å². The van der Waals surface area contributed by atoms with Crippen LogP contribution in [0.15, 0.2) is 102 Å². The lowest BCUT2D eigenvalue weighted by Gasteiger charge is -2.22. The van der Waals surface area contributed by atoms with E-state index in [1.54, 1.807) is 7.11 Å². The van der Waals surface area contributed by atoms with Gasteiger partial charge in [0.1, 0.15) is 5.75 Å². The molecule has 1 aliphatic heterocycles. The van der Waals surface area contributed by atoms with Crippen molar-refractivity contribution < 1.29 is 4.74 Å². The highest BCUT2D eigenvalue weighted by Crippen LogP contribution is 2.45. The van der Waals surface area contributed by atoms with Crippen LogP contribution in [0.4, 0.5) is 5.69 Å². The number of rotatable bonds is 3. The summed E-state index contributed by atoms with van der Waals surface area (Å²) in [4.78, 5) is 5.25. The average Bonchev–Trinajstić information content (AvgIpc) is 2.94. The van der Waals surface area contributed by atoms with Crippen molar-refractivity contribution in [3.05, 3.63) is 119 Å². The van der Waals surface area contributed by atoms with Crippen molar-refractivity contribution in [3.8, 4) is 16.9 Å². The monoisotopic (exact) mass is 389 g/mol. The first-order valence-corrected chi connectivity index (χ1v) is 10.2. The van der Waals surface area contributed by atoms with E-state index in [1.165, 1.54) is 22.3 Å². The third-order valence-electron chi connectivity index (χ3n) is 5.73. The Morgan fingerprint density at radius 3 is 2.20 bits per heavy atom. The van der Waals surface area contributed by atoms with Crippen LogP contribution in [0.25, 0.3) is 11.1 Å². The molecule has 30 heavy (non-hydrogen) atoms. The summed E-state index contributed by atoms with van der Waals surface area (Å²) in [5.74, 6) is 0.887. The second-order valence-electron chi connectivity index (χ2n) is 7.68. The van der Waals surface area contributed by atoms with Gasteiger partial charge in [-0.2, -0.15) is 0 Å². The minimum atomic E-state index is 0.0298. The zero-order chi connectivity index (χ0) is 20.5. The van der Waals surface area contributed by atoms with E-state index in [-0.39, 0.29) is 5.92 Å². The predicted octanol–water partition coefficient (Wildman–Crippen LogP) is 6.94. The molecule has 1 aliphatic rings. The van der Waals surface area contributed by atoms with Gasteiger partial charge >= 0.3 is 0 Å². The Bertz CT molecular complexity index is 1230. The van der Waals surface area contributed by atoms with Crippen molar-refractivity contribution in [2.75, 3.05) is 7.11 Å². The van der Waals surface area contributed by atoms with Gasteiger partial charge in [0, 0.05) is 5.56 Å². The van der Waals surface area contributed by atoms with Gasteiger partial charge in [-0.05, 0) is 53.4 Å². The molecule has 146 valence electrons. The first kappa shape index (κ1) is 18.4. The lowest BCUT2D eigenvalue weighted by atomic mass is 9.81. The molecule has 1 heterocycles. The molecule has 0 N–H and O–H groups in total. The van der Waals surface area contributed by atoms with Crippen LogP contribution < -0.4 is 4.74 Å². The Hall–Kier alpha value is -3.65. The maximum atomic E-state index is 5.58. The van der Waals surface area contributed by atoms with Crippen LogP contribution in [0.1, 0.15) is 28.2 Å². The summed E-state index contributed by atoms with van der Waals surface area (Å²) in [6.07, 6.45) is 0. The van der Waals surface area contributed by atoms with Gasteiger partial charge in [-0.25, -0.2) is 0 Å². The van der Waals surface area contributed by atoms with Gasteiger partial charge in [-0.15, -0.1) is 0 Å². The van der Waals surface area contributed by atoms with E-state index in [2.05, 4.69) is 104 Å². The molecular formula is C28H23NO. The van der Waals surface area contributed by atoms with Crippen LogP contribution in [0.5, 0.6) is 5.75 Å². The number of hydrogen-bond donors (Lipinski definition) is 0. The molecule has 1 atom stereocenters. The maximum absolute atomic E-state index is 5.58. The largest absolute Gasteiger partial charge is 0.497 e. The fourth-order valence-corrected chi connectivity index (χ4v) is 4.28. The zero-order valence-corrected chi connectivity index (χ0v) is 17.2. The van der Waals surface area contributed by atoms with Gasteiger partial charge in [0.15, 0.2) is 0 Å². The van der Waals surface area contributed by atoms with Gasteiger partial charge in [0.05, 0.1) is 24.4 Å². The molecule has 0 aromatic heterocycles. The second-order valence-corrected chi connectivity index (χ2v) is 7.68. The Morgan fingerprint density at radius 1 is 0.733 bits per heavy atom. The molecule has 2 heteroatoms. The summed E-state index contributed by atoms with van der Waals surface area (Å²) in [5.41, 5.74) is 9.22. The number of benzene rings is 4. The molecule has 0 saturated heterocycles. The summed E-state index contributed by atoms with van der Waals surface area (Å²) >= 11 is 0. The molecule has 0 aliphatic carbocycles. The van der Waals surface area contributed by atoms with Crippen molar-refractivity contribution in [1.29, 1.82) is 0 Å². The Morgan fingerprint density at radius 2 is 1.47 bits per heavy atom. The molecule has 5 rings (SSSR count). The Balaban J connectivity index is 1.87. The number of aryl methyl sites for hydroxylation is 1. The molecule has 2 nitrogen and oxygen atoms in total. The highest BCUT2D eigenvalue weighted by Gasteiger charge is 2.29. The van der Waals surface area contributed by atoms with Gasteiger partial charge < -0.3 is 4.74 Å². The summed E-state index contributed by atoms with van der Waals surface area (Å²) < 4.78 is 5.58. The Kier molecular flexibility index (Phi) is 4.68. The van der Waals surface area contributed by atoms with E-state index in [0.717, 1.165) is 28.3 Å². The smallest absolute Gasteiger partial charge is 0.119 e. The fourth-order valence-electron chi connectivity index (χ4n) is 4.28. The summed E-state index contributed by atoms with van der Waals surface area (Å²) in [7, 11) is 1.72. The molecule has 0 radical (unpaired) electrons. The standard InChI is InChI=1S/C28H23NO/c1-19-13-16-26-25(17-19)24-18-22(30-2)14-15-23(24)27(20-9-5-3-6-10-20)28(29-26)21-11-7-4-8-12-21/h3-18,27H,1-2H3/t27-/m0/s1. The summed E-state index contributed by atoms with van der Waals surface area (Å²) in [6, 6.07) is 34.0. The van der Waals surface area contributed by atoms with Crippen molar-refractivity contribution in [1.82, 2.24) is 0 Å². The third-order valence-corrected chi connectivity index (χ3v) is 5.73. The van der Waals surface area contributed by atoms with E-state index in [1.807, 2.05) is 0 Å². The molecule has 4 aromatic rings. The van der Waals surface area contributed by atoms with Crippen molar-refractivity contribution >= 4 is 11.4 Å². The normalized spacial score (nSPS) is 14.9. The topological polar surface area (TPSA) is 21.6 Å². The molecular weight excluding hydrogens is 366 g/mol. The van der Waals surface area contributed by atoms with E-state index in [9.17, 15) is 0 Å². The fraction of sp³-hybridized carbons (Fsp3) is 0.107. The van der Waals surface area contributed by atoms with Gasteiger partial charge in [0.25, 0.3) is 0 Å². The molecule has 0 spiro atoms. The van der Waals surface area contributed by atoms with Crippen molar-refractivity contribution in [2.45, 2.75) is 12.8 Å². The van der Waals surface area contributed by atoms with Crippen molar-refractivity contribution in [2.24, 2.45) is 4.99 Å². The third kappa shape index (κ3) is 3.21. The number of aliphatic imine (C=N–C) groups is 1. The molecule has 0 amide bonds. The highest BCUT2D eigenvalue weighted by molar-refractivity contribution is 6.11. The average molecular weight is 389 g/mol. The zero-order valence-electron chi connectivity index (χ0n) is 17.2. The van der Waals surface area contributed by atoms with Crippen LogP contribution in [-0.2, 0) is 0 Å². The minimum Gasteiger partial charge on any atom is -0.497 e. The number of fused-ring (bicyclic) bond motifs is 3. The molecule has 4 aromatic carbocycles. The number of ether oxygens (including phenoxy) is 1. The first-order valence-electron chi connectivity index (χ1n) is 10.2. The maximum Gasteiger partial charge on any atom is 0.119 e. The van der Waals surface area contributed by atoms with Crippen molar-refractivity contribution in [3.63, 3.8) is 0 Å².